The summed E-state index contributed by atoms with van der Waals surface area (Å²) in [5.74, 6) is 0.845. The van der Waals surface area contributed by atoms with E-state index in [2.05, 4.69) is 27.3 Å². The van der Waals surface area contributed by atoms with Crippen molar-refractivity contribution in [1.82, 2.24) is 19.7 Å². The third-order valence-electron chi connectivity index (χ3n) is 2.74. The van der Waals surface area contributed by atoms with Gasteiger partial charge in [0.1, 0.15) is 6.33 Å². The van der Waals surface area contributed by atoms with Crippen LogP contribution in [-0.2, 0) is 13.5 Å². The normalized spacial score (nSPS) is 11.0. The van der Waals surface area contributed by atoms with Crippen molar-refractivity contribution in [2.24, 2.45) is 7.05 Å². The van der Waals surface area contributed by atoms with Gasteiger partial charge in [0.05, 0.1) is 21.6 Å². The number of aromatic nitrogens is 4. The highest BCUT2D eigenvalue weighted by Crippen LogP contribution is 2.28. The highest BCUT2D eigenvalue weighted by atomic mass is 32.1. The van der Waals surface area contributed by atoms with Crippen molar-refractivity contribution in [2.45, 2.75) is 13.3 Å². The molecular formula is C12H13N5S. The van der Waals surface area contributed by atoms with E-state index in [1.807, 2.05) is 29.4 Å². The number of rotatable bonds is 3. The molecule has 0 bridgehead atoms. The molecular weight excluding hydrogens is 246 g/mol. The molecule has 0 radical (unpaired) electrons. The van der Waals surface area contributed by atoms with Crippen LogP contribution < -0.4 is 5.32 Å². The minimum absolute atomic E-state index is 0.845. The molecule has 0 fully saturated rings. The number of anilines is 2. The fourth-order valence-corrected chi connectivity index (χ4v) is 2.70. The van der Waals surface area contributed by atoms with Crippen LogP contribution in [-0.4, -0.2) is 19.7 Å². The molecule has 0 saturated carbocycles. The number of hydrogen-bond acceptors (Lipinski definition) is 5. The van der Waals surface area contributed by atoms with Crippen LogP contribution >= 0.6 is 11.3 Å². The van der Waals surface area contributed by atoms with Crippen molar-refractivity contribution in [3.05, 3.63) is 29.7 Å². The highest BCUT2D eigenvalue weighted by molar-refractivity contribution is 7.17. The van der Waals surface area contributed by atoms with E-state index in [0.717, 1.165) is 33.8 Å². The molecule has 92 valence electrons. The molecule has 0 amide bonds. The van der Waals surface area contributed by atoms with E-state index in [4.69, 9.17) is 0 Å². The summed E-state index contributed by atoms with van der Waals surface area (Å²) in [4.78, 5) is 8.54. The van der Waals surface area contributed by atoms with E-state index in [0.29, 0.717) is 0 Å². The Kier molecular flexibility index (Phi) is 2.71. The third-order valence-corrected chi connectivity index (χ3v) is 3.65. The molecule has 0 aromatic carbocycles. The van der Waals surface area contributed by atoms with E-state index < -0.39 is 0 Å². The predicted octanol–water partition coefficient (Wildman–Crippen LogP) is 2.73. The number of aryl methyl sites for hydroxylation is 2. The summed E-state index contributed by atoms with van der Waals surface area (Å²) < 4.78 is 2.89. The molecule has 0 saturated heterocycles. The Labute approximate surface area is 109 Å². The minimum atomic E-state index is 0.845. The minimum Gasteiger partial charge on any atom is -0.336 e. The second-order valence-corrected chi connectivity index (χ2v) is 4.92. The Balaban J connectivity index is 2.03. The van der Waals surface area contributed by atoms with Crippen molar-refractivity contribution in [3.8, 4) is 0 Å². The molecule has 3 rings (SSSR count). The van der Waals surface area contributed by atoms with Crippen molar-refractivity contribution < 1.29 is 0 Å². The molecule has 3 heterocycles. The van der Waals surface area contributed by atoms with Crippen LogP contribution in [0.5, 0.6) is 0 Å². The van der Waals surface area contributed by atoms with Gasteiger partial charge in [0.2, 0.25) is 0 Å². The SMILES string of the molecule is CCc1nn(C)cc1Nc1ncnc2ccsc12. The zero-order chi connectivity index (χ0) is 12.5. The molecule has 0 aliphatic heterocycles. The second-order valence-electron chi connectivity index (χ2n) is 4.00. The average molecular weight is 259 g/mol. The maximum Gasteiger partial charge on any atom is 0.151 e. The van der Waals surface area contributed by atoms with Crippen LogP contribution in [0.15, 0.2) is 24.0 Å². The van der Waals surface area contributed by atoms with Gasteiger partial charge in [0.15, 0.2) is 5.82 Å². The maximum atomic E-state index is 4.41. The summed E-state index contributed by atoms with van der Waals surface area (Å²) in [6.45, 7) is 2.09. The lowest BCUT2D eigenvalue weighted by Gasteiger charge is -2.04. The fourth-order valence-electron chi connectivity index (χ4n) is 1.91. The van der Waals surface area contributed by atoms with Crippen LogP contribution in [0.4, 0.5) is 11.5 Å². The first-order valence-electron chi connectivity index (χ1n) is 5.75. The summed E-state index contributed by atoms with van der Waals surface area (Å²) in [6.07, 6.45) is 4.45. The lowest BCUT2D eigenvalue weighted by Crippen LogP contribution is -1.96. The summed E-state index contributed by atoms with van der Waals surface area (Å²) in [5.41, 5.74) is 3.02. The Morgan fingerprint density at radius 3 is 3.11 bits per heavy atom. The van der Waals surface area contributed by atoms with E-state index in [9.17, 15) is 0 Å². The highest BCUT2D eigenvalue weighted by Gasteiger charge is 2.09. The van der Waals surface area contributed by atoms with E-state index in [1.54, 1.807) is 17.7 Å². The molecule has 18 heavy (non-hydrogen) atoms. The molecule has 3 aromatic rings. The first-order valence-corrected chi connectivity index (χ1v) is 6.63. The zero-order valence-electron chi connectivity index (χ0n) is 10.2. The molecule has 3 aromatic heterocycles. The average Bonchev–Trinajstić information content (AvgIpc) is 2.96. The van der Waals surface area contributed by atoms with Gasteiger partial charge >= 0.3 is 0 Å². The number of nitrogens with one attached hydrogen (secondary N) is 1. The van der Waals surface area contributed by atoms with Gasteiger partial charge in [-0.1, -0.05) is 6.92 Å². The Morgan fingerprint density at radius 1 is 1.39 bits per heavy atom. The van der Waals surface area contributed by atoms with Gasteiger partial charge in [-0.15, -0.1) is 11.3 Å². The van der Waals surface area contributed by atoms with Gasteiger partial charge in [-0.2, -0.15) is 5.10 Å². The molecule has 0 spiro atoms. The van der Waals surface area contributed by atoms with Crippen molar-refractivity contribution in [3.63, 3.8) is 0 Å². The third kappa shape index (κ3) is 1.84. The summed E-state index contributed by atoms with van der Waals surface area (Å²) in [6, 6.07) is 2.00. The Hall–Kier alpha value is -1.95. The second kappa shape index (κ2) is 4.38. The molecule has 5 nitrogen and oxygen atoms in total. The van der Waals surface area contributed by atoms with Gasteiger partial charge in [-0.25, -0.2) is 9.97 Å². The number of nitrogens with zero attached hydrogens (tertiary/aromatic N) is 4. The summed E-state index contributed by atoms with van der Waals surface area (Å²) in [7, 11) is 1.92. The largest absolute Gasteiger partial charge is 0.336 e. The predicted molar refractivity (Wildman–Crippen MR) is 73.3 cm³/mol. The Bertz CT molecular complexity index is 685. The topological polar surface area (TPSA) is 55.6 Å². The standard InChI is InChI=1S/C12H13N5S/c1-3-8-10(6-17(2)16-8)15-12-11-9(4-5-18-11)13-7-14-12/h4-7H,3H2,1-2H3,(H,13,14,15). The van der Waals surface area contributed by atoms with Gasteiger partial charge < -0.3 is 5.32 Å². The van der Waals surface area contributed by atoms with Gasteiger partial charge in [0.25, 0.3) is 0 Å². The van der Waals surface area contributed by atoms with Crippen LogP contribution in [0, 0.1) is 0 Å². The lowest BCUT2D eigenvalue weighted by atomic mass is 10.3. The quantitative estimate of drug-likeness (QED) is 0.785. The van der Waals surface area contributed by atoms with Gasteiger partial charge in [0, 0.05) is 13.2 Å². The number of fused-ring (bicyclic) bond motifs is 1. The number of hydrogen-bond donors (Lipinski definition) is 1. The molecule has 0 atom stereocenters. The van der Waals surface area contributed by atoms with Crippen molar-refractivity contribution in [2.75, 3.05) is 5.32 Å². The summed E-state index contributed by atoms with van der Waals surface area (Å²) in [5, 5.41) is 9.78. The van der Waals surface area contributed by atoms with Gasteiger partial charge in [-0.3, -0.25) is 4.68 Å². The maximum absolute atomic E-state index is 4.41. The Morgan fingerprint density at radius 2 is 2.28 bits per heavy atom. The summed E-state index contributed by atoms with van der Waals surface area (Å²) >= 11 is 1.64. The van der Waals surface area contributed by atoms with Crippen molar-refractivity contribution in [1.29, 1.82) is 0 Å². The van der Waals surface area contributed by atoms with Crippen molar-refractivity contribution >= 4 is 33.1 Å². The van der Waals surface area contributed by atoms with E-state index >= 15 is 0 Å². The first kappa shape index (κ1) is 11.2. The van der Waals surface area contributed by atoms with Gasteiger partial charge in [-0.05, 0) is 17.9 Å². The van der Waals surface area contributed by atoms with Crippen LogP contribution in [0.25, 0.3) is 10.2 Å². The number of thiophene rings is 1. The molecule has 0 aliphatic rings. The van der Waals surface area contributed by atoms with E-state index in [-0.39, 0.29) is 0 Å². The fraction of sp³-hybridized carbons (Fsp3) is 0.250. The van der Waals surface area contributed by atoms with Crippen LogP contribution in [0.1, 0.15) is 12.6 Å². The van der Waals surface area contributed by atoms with Crippen LogP contribution in [0.3, 0.4) is 0 Å². The smallest absolute Gasteiger partial charge is 0.151 e. The molecule has 6 heteroatoms. The van der Waals surface area contributed by atoms with E-state index in [1.165, 1.54) is 0 Å². The molecule has 0 aliphatic carbocycles. The lowest BCUT2D eigenvalue weighted by molar-refractivity contribution is 0.746. The first-order chi connectivity index (χ1) is 8.78. The zero-order valence-corrected chi connectivity index (χ0v) is 11.0. The van der Waals surface area contributed by atoms with Crippen LogP contribution in [0.2, 0.25) is 0 Å². The molecule has 1 N–H and O–H groups in total. The molecule has 0 unspecified atom stereocenters. The monoisotopic (exact) mass is 259 g/mol.